The van der Waals surface area contributed by atoms with Crippen molar-refractivity contribution in [3.05, 3.63) is 59.9 Å². The van der Waals surface area contributed by atoms with Crippen molar-refractivity contribution in [1.29, 1.82) is 0 Å². The van der Waals surface area contributed by atoms with E-state index in [9.17, 15) is 27.9 Å². The van der Waals surface area contributed by atoms with Crippen LogP contribution in [0.5, 0.6) is 0 Å². The monoisotopic (exact) mass is 401 g/mol. The zero-order chi connectivity index (χ0) is 20.6. The van der Waals surface area contributed by atoms with Crippen LogP contribution in [0.1, 0.15) is 12.5 Å². The molecule has 0 unspecified atom stereocenters. The van der Waals surface area contributed by atoms with E-state index >= 15 is 0 Å². The molecule has 0 aromatic heterocycles. The molecule has 0 radical (unpaired) electrons. The zero-order valence-electron chi connectivity index (χ0n) is 14.5. The number of hydrogen-bond donors (Lipinski definition) is 3. The average molecular weight is 401 g/mol. The van der Waals surface area contributed by atoms with Crippen LogP contribution in [0.15, 0.2) is 59.2 Å². The summed E-state index contributed by atoms with van der Waals surface area (Å²) in [4.78, 5) is 36.8. The smallest absolute Gasteiger partial charge is 0.301 e. The minimum atomic E-state index is -3.93. The number of sulfonamides is 1. The van der Waals surface area contributed by atoms with Crippen LogP contribution in [0.4, 0.5) is 11.4 Å². The van der Waals surface area contributed by atoms with E-state index in [0.29, 0.717) is 5.69 Å². The molecule has 2 aromatic carbocycles. The molecule has 1 aliphatic heterocycles. The summed E-state index contributed by atoms with van der Waals surface area (Å²) < 4.78 is 22.7. The Morgan fingerprint density at radius 3 is 2.07 bits per heavy atom. The van der Waals surface area contributed by atoms with E-state index in [-0.39, 0.29) is 27.6 Å². The summed E-state index contributed by atoms with van der Waals surface area (Å²) in [6.45, 7) is 1.35. The van der Waals surface area contributed by atoms with E-state index in [0.717, 1.165) is 17.0 Å². The Bertz CT molecular complexity index is 1120. The van der Waals surface area contributed by atoms with Crippen molar-refractivity contribution in [3.8, 4) is 0 Å². The quantitative estimate of drug-likeness (QED) is 0.655. The molecule has 0 saturated heterocycles. The maximum Gasteiger partial charge on any atom is 0.301 e. The Labute approximate surface area is 160 Å². The van der Waals surface area contributed by atoms with Crippen LogP contribution >= 0.6 is 0 Å². The second kappa shape index (κ2) is 6.91. The van der Waals surface area contributed by atoms with Gasteiger partial charge in [-0.3, -0.25) is 14.4 Å². The van der Waals surface area contributed by atoms with Crippen molar-refractivity contribution in [3.63, 3.8) is 0 Å². The lowest BCUT2D eigenvalue weighted by Gasteiger charge is -2.15. The van der Waals surface area contributed by atoms with Crippen LogP contribution in [-0.2, 0) is 24.4 Å². The normalized spacial score (nSPS) is 14.6. The Morgan fingerprint density at radius 1 is 1.00 bits per heavy atom. The van der Waals surface area contributed by atoms with Gasteiger partial charge in [0.05, 0.1) is 16.2 Å². The number of rotatable bonds is 4. The number of carbonyl (C=O) groups is 3. The third-order valence-electron chi connectivity index (χ3n) is 3.98. The summed E-state index contributed by atoms with van der Waals surface area (Å²) in [5.74, 6) is -2.70. The number of imide groups is 1. The zero-order valence-corrected chi connectivity index (χ0v) is 15.4. The highest BCUT2D eigenvalue weighted by Gasteiger charge is 2.40. The molecule has 28 heavy (non-hydrogen) atoms. The van der Waals surface area contributed by atoms with Gasteiger partial charge in [0.1, 0.15) is 0 Å². The van der Waals surface area contributed by atoms with Crippen LogP contribution in [0.25, 0.3) is 5.57 Å². The van der Waals surface area contributed by atoms with E-state index < -0.39 is 27.6 Å². The molecule has 1 heterocycles. The minimum absolute atomic E-state index is 0.0822. The van der Waals surface area contributed by atoms with Crippen molar-refractivity contribution in [2.24, 2.45) is 5.14 Å². The van der Waals surface area contributed by atoms with E-state index in [1.165, 1.54) is 43.3 Å². The Morgan fingerprint density at radius 2 is 1.57 bits per heavy atom. The van der Waals surface area contributed by atoms with Crippen molar-refractivity contribution < 1.29 is 27.9 Å². The molecule has 2 aromatic rings. The first-order chi connectivity index (χ1) is 13.1. The molecular weight excluding hydrogens is 386 g/mol. The van der Waals surface area contributed by atoms with Crippen molar-refractivity contribution >= 4 is 44.7 Å². The van der Waals surface area contributed by atoms with Gasteiger partial charge >= 0.3 is 5.91 Å². The molecule has 10 heteroatoms. The van der Waals surface area contributed by atoms with Crippen LogP contribution in [0.2, 0.25) is 0 Å². The highest BCUT2D eigenvalue weighted by atomic mass is 32.2. The summed E-state index contributed by atoms with van der Waals surface area (Å²) in [6, 6.07) is 10.8. The lowest BCUT2D eigenvalue weighted by Crippen LogP contribution is -2.31. The van der Waals surface area contributed by atoms with E-state index in [1.54, 1.807) is 0 Å². The first-order valence-electron chi connectivity index (χ1n) is 7.92. The number of amides is 3. The Balaban J connectivity index is 1.93. The number of primary sulfonamides is 1. The number of carbonyl (C=O) groups excluding carboxylic acids is 3. The maximum absolute atomic E-state index is 12.7. The molecule has 0 aliphatic carbocycles. The van der Waals surface area contributed by atoms with Gasteiger partial charge in [0.15, 0.2) is 5.76 Å². The molecule has 3 rings (SSSR count). The average Bonchev–Trinajstić information content (AvgIpc) is 2.84. The van der Waals surface area contributed by atoms with Gasteiger partial charge in [-0.2, -0.15) is 0 Å². The second-order valence-electron chi connectivity index (χ2n) is 5.97. The number of nitrogens with zero attached hydrogens (tertiary/aromatic N) is 1. The molecule has 3 amide bonds. The van der Waals surface area contributed by atoms with Crippen LogP contribution < -0.4 is 15.4 Å². The van der Waals surface area contributed by atoms with Gasteiger partial charge in [0, 0.05) is 12.6 Å². The number of aliphatic hydroxyl groups excluding tert-OH is 1. The molecule has 0 saturated carbocycles. The standard InChI is InChI=1S/C18H15N3O6S/c1-10(22)20-12-4-2-11(3-5-12)15-16(23)18(25)21(17(15)24)13-6-8-14(9-7-13)28(19,26)27/h2-9,23H,1H3,(H,20,22)(H2,19,26,27). The lowest BCUT2D eigenvalue weighted by molar-refractivity contribution is -0.121. The van der Waals surface area contributed by atoms with Gasteiger partial charge in [-0.05, 0) is 42.0 Å². The van der Waals surface area contributed by atoms with Gasteiger partial charge in [-0.25, -0.2) is 18.5 Å². The molecule has 0 fully saturated rings. The van der Waals surface area contributed by atoms with Crippen LogP contribution in [0.3, 0.4) is 0 Å². The number of anilines is 2. The van der Waals surface area contributed by atoms with Crippen molar-refractivity contribution in [2.45, 2.75) is 11.8 Å². The predicted octanol–water partition coefficient (Wildman–Crippen LogP) is 1.13. The third kappa shape index (κ3) is 3.50. The van der Waals surface area contributed by atoms with Gasteiger partial charge in [-0.1, -0.05) is 12.1 Å². The van der Waals surface area contributed by atoms with E-state index in [2.05, 4.69) is 5.32 Å². The van der Waals surface area contributed by atoms with Gasteiger partial charge < -0.3 is 10.4 Å². The van der Waals surface area contributed by atoms with E-state index in [1.807, 2.05) is 0 Å². The largest absolute Gasteiger partial charge is 0.502 e. The number of aliphatic hydroxyl groups is 1. The number of nitrogens with two attached hydrogens (primary N) is 1. The highest BCUT2D eigenvalue weighted by molar-refractivity contribution is 7.89. The molecular formula is C18H15N3O6S. The molecule has 4 N–H and O–H groups in total. The number of nitrogens with one attached hydrogen (secondary N) is 1. The van der Waals surface area contributed by atoms with Gasteiger partial charge in [0.25, 0.3) is 5.91 Å². The molecule has 144 valence electrons. The fraction of sp³-hybridized carbons (Fsp3) is 0.0556. The SMILES string of the molecule is CC(=O)Nc1ccc(C2=C(O)C(=O)N(c3ccc(S(N)(=O)=O)cc3)C2=O)cc1. The molecule has 1 aliphatic rings. The van der Waals surface area contributed by atoms with E-state index in [4.69, 9.17) is 5.14 Å². The Kier molecular flexibility index (Phi) is 4.75. The maximum atomic E-state index is 12.7. The summed E-state index contributed by atoms with van der Waals surface area (Å²) in [5, 5.41) is 17.8. The summed E-state index contributed by atoms with van der Waals surface area (Å²) in [6.07, 6.45) is 0. The lowest BCUT2D eigenvalue weighted by atomic mass is 10.1. The molecule has 0 spiro atoms. The fourth-order valence-electron chi connectivity index (χ4n) is 2.72. The molecule has 9 nitrogen and oxygen atoms in total. The summed E-state index contributed by atoms with van der Waals surface area (Å²) in [7, 11) is -3.93. The van der Waals surface area contributed by atoms with Gasteiger partial charge in [0.2, 0.25) is 15.9 Å². The first-order valence-corrected chi connectivity index (χ1v) is 9.47. The number of hydrogen-bond acceptors (Lipinski definition) is 6. The topological polar surface area (TPSA) is 147 Å². The first kappa shape index (κ1) is 19.3. The Hall–Kier alpha value is -3.50. The fourth-order valence-corrected chi connectivity index (χ4v) is 3.24. The predicted molar refractivity (Wildman–Crippen MR) is 101 cm³/mol. The third-order valence-corrected chi connectivity index (χ3v) is 4.91. The molecule has 0 bridgehead atoms. The molecule has 0 atom stereocenters. The summed E-state index contributed by atoms with van der Waals surface area (Å²) >= 11 is 0. The number of benzene rings is 2. The van der Waals surface area contributed by atoms with Crippen LogP contribution in [-0.4, -0.2) is 31.2 Å². The highest BCUT2D eigenvalue weighted by Crippen LogP contribution is 2.32. The van der Waals surface area contributed by atoms with Gasteiger partial charge in [-0.15, -0.1) is 0 Å². The van der Waals surface area contributed by atoms with Crippen LogP contribution in [0, 0.1) is 0 Å². The summed E-state index contributed by atoms with van der Waals surface area (Å²) in [5.41, 5.74) is 0.658. The van der Waals surface area contributed by atoms with Crippen molar-refractivity contribution in [1.82, 2.24) is 0 Å². The second-order valence-corrected chi connectivity index (χ2v) is 7.53. The minimum Gasteiger partial charge on any atom is -0.502 e. The van der Waals surface area contributed by atoms with Crippen molar-refractivity contribution in [2.75, 3.05) is 10.2 Å².